The number of carbonyl (C=O) groups is 3. The maximum absolute atomic E-state index is 13.0. The van der Waals surface area contributed by atoms with Gasteiger partial charge in [0.25, 0.3) is 0 Å². The van der Waals surface area contributed by atoms with Crippen molar-refractivity contribution in [1.29, 1.82) is 0 Å². The highest BCUT2D eigenvalue weighted by molar-refractivity contribution is 9.12. The number of alkyl halides is 2. The summed E-state index contributed by atoms with van der Waals surface area (Å²) < 4.78 is 5.22. The topological polar surface area (TPSA) is 63.7 Å². The molecule has 0 N–H and O–H groups in total. The van der Waals surface area contributed by atoms with Crippen LogP contribution in [0.2, 0.25) is 0 Å². The third-order valence-corrected chi connectivity index (χ3v) is 9.10. The van der Waals surface area contributed by atoms with E-state index in [1.165, 1.54) is 4.90 Å². The molecule has 6 atom stereocenters. The van der Waals surface area contributed by atoms with E-state index in [0.29, 0.717) is 17.9 Å². The van der Waals surface area contributed by atoms with Gasteiger partial charge in [0.05, 0.1) is 29.7 Å². The Morgan fingerprint density at radius 1 is 1.07 bits per heavy atom. The molecule has 1 aliphatic heterocycles. The van der Waals surface area contributed by atoms with Crippen LogP contribution in [-0.4, -0.2) is 34.0 Å². The smallest absolute Gasteiger partial charge is 0.338 e. The van der Waals surface area contributed by atoms with Crippen molar-refractivity contribution in [3.05, 3.63) is 29.8 Å². The lowest BCUT2D eigenvalue weighted by Gasteiger charge is -2.28. The number of hydrogen-bond donors (Lipinski definition) is 0. The highest BCUT2D eigenvalue weighted by Crippen LogP contribution is 2.60. The van der Waals surface area contributed by atoms with E-state index < -0.39 is 5.97 Å². The normalized spacial score (nSPS) is 34.5. The first-order valence-electron chi connectivity index (χ1n) is 9.24. The van der Waals surface area contributed by atoms with Crippen molar-refractivity contribution < 1.29 is 19.1 Å². The average Bonchev–Trinajstić information content (AvgIpc) is 3.25. The summed E-state index contributed by atoms with van der Waals surface area (Å²) in [5.74, 6) is -0.458. The van der Waals surface area contributed by atoms with Gasteiger partial charge in [0.1, 0.15) is 0 Å². The molecule has 4 rings (SSSR count). The summed E-state index contributed by atoms with van der Waals surface area (Å²) in [5, 5.41) is 0. The Hall–Kier alpha value is -1.21. The highest BCUT2D eigenvalue weighted by atomic mass is 79.9. The summed E-state index contributed by atoms with van der Waals surface area (Å²) in [6.45, 7) is 4.30. The van der Waals surface area contributed by atoms with Gasteiger partial charge in [-0.3, -0.25) is 14.5 Å². The molecule has 2 saturated carbocycles. The number of rotatable bonds is 4. The van der Waals surface area contributed by atoms with Crippen LogP contribution in [0.4, 0.5) is 5.69 Å². The standard InChI is InChI=1S/C20H21Br2NO4/c1-9(2)8-27-20(26)10-3-5-11(6-4-10)23-18(24)14-12-7-13(15(14)19(23)25)17(22)16(12)21/h3-6,9,12-17H,7-8H2,1-2H3/t12-,13+,14-,15-,16+,17-/m0/s1. The van der Waals surface area contributed by atoms with E-state index in [2.05, 4.69) is 31.9 Å². The van der Waals surface area contributed by atoms with Crippen molar-refractivity contribution in [3.8, 4) is 0 Å². The van der Waals surface area contributed by atoms with Gasteiger partial charge in [0.15, 0.2) is 0 Å². The van der Waals surface area contributed by atoms with Crippen LogP contribution in [0, 0.1) is 29.6 Å². The number of nitrogens with zero attached hydrogens (tertiary/aromatic N) is 1. The molecule has 0 radical (unpaired) electrons. The monoisotopic (exact) mass is 497 g/mol. The number of halogens is 2. The number of hydrogen-bond acceptors (Lipinski definition) is 4. The third-order valence-electron chi connectivity index (χ3n) is 5.90. The van der Waals surface area contributed by atoms with Gasteiger partial charge < -0.3 is 4.74 Å². The van der Waals surface area contributed by atoms with Crippen molar-refractivity contribution in [2.24, 2.45) is 29.6 Å². The maximum atomic E-state index is 13.0. The van der Waals surface area contributed by atoms with E-state index in [0.717, 1.165) is 6.42 Å². The fourth-order valence-corrected chi connectivity index (χ4v) is 6.55. The zero-order chi connectivity index (χ0) is 19.5. The fourth-order valence-electron chi connectivity index (χ4n) is 4.68. The van der Waals surface area contributed by atoms with Crippen molar-refractivity contribution in [2.45, 2.75) is 29.9 Å². The van der Waals surface area contributed by atoms with E-state index >= 15 is 0 Å². The van der Waals surface area contributed by atoms with Crippen LogP contribution in [0.1, 0.15) is 30.6 Å². The molecule has 1 saturated heterocycles. The molecule has 7 heteroatoms. The molecule has 2 bridgehead atoms. The summed E-state index contributed by atoms with van der Waals surface area (Å²) in [6, 6.07) is 6.54. The van der Waals surface area contributed by atoms with E-state index in [-0.39, 0.29) is 51.1 Å². The van der Waals surface area contributed by atoms with Gasteiger partial charge in [0, 0.05) is 9.65 Å². The minimum Gasteiger partial charge on any atom is -0.462 e. The van der Waals surface area contributed by atoms with Gasteiger partial charge in [-0.1, -0.05) is 45.7 Å². The quantitative estimate of drug-likeness (QED) is 0.360. The molecular formula is C20H21Br2NO4. The van der Waals surface area contributed by atoms with Gasteiger partial charge in [0.2, 0.25) is 11.8 Å². The molecule has 0 spiro atoms. The van der Waals surface area contributed by atoms with Crippen LogP contribution in [0.5, 0.6) is 0 Å². The Morgan fingerprint density at radius 3 is 2.07 bits per heavy atom. The summed E-state index contributed by atoms with van der Waals surface area (Å²) in [5.41, 5.74) is 0.941. The number of fused-ring (bicyclic) bond motifs is 5. The number of amides is 2. The number of ether oxygens (including phenoxy) is 1. The van der Waals surface area contributed by atoms with Crippen LogP contribution in [0.3, 0.4) is 0 Å². The Bertz CT molecular complexity index is 762. The number of carbonyl (C=O) groups excluding carboxylic acids is 3. The molecule has 2 amide bonds. The van der Waals surface area contributed by atoms with Gasteiger partial charge in [-0.15, -0.1) is 0 Å². The van der Waals surface area contributed by atoms with E-state index in [9.17, 15) is 14.4 Å². The molecule has 27 heavy (non-hydrogen) atoms. The van der Waals surface area contributed by atoms with Crippen molar-refractivity contribution in [1.82, 2.24) is 0 Å². The predicted octanol–water partition coefficient (Wildman–Crippen LogP) is 3.78. The number of benzene rings is 1. The van der Waals surface area contributed by atoms with Gasteiger partial charge in [-0.25, -0.2) is 4.79 Å². The average molecular weight is 499 g/mol. The summed E-state index contributed by atoms with van der Waals surface area (Å²) in [4.78, 5) is 39.8. The largest absolute Gasteiger partial charge is 0.462 e. The molecule has 1 aromatic rings. The first kappa shape index (κ1) is 19.1. The number of anilines is 1. The number of imide groups is 1. The van der Waals surface area contributed by atoms with Crippen molar-refractivity contribution >= 4 is 55.3 Å². The van der Waals surface area contributed by atoms with Gasteiger partial charge in [-0.05, 0) is 48.4 Å². The summed E-state index contributed by atoms with van der Waals surface area (Å²) >= 11 is 7.38. The maximum Gasteiger partial charge on any atom is 0.338 e. The lowest BCUT2D eigenvalue weighted by atomic mass is 9.81. The molecule has 0 aromatic heterocycles. The molecular weight excluding hydrogens is 478 g/mol. The van der Waals surface area contributed by atoms with Crippen LogP contribution in [0.25, 0.3) is 0 Å². The zero-order valence-corrected chi connectivity index (χ0v) is 18.3. The second kappa shape index (κ2) is 6.99. The molecule has 1 heterocycles. The lowest BCUT2D eigenvalue weighted by molar-refractivity contribution is -0.123. The summed E-state index contributed by atoms with van der Waals surface area (Å²) in [7, 11) is 0. The lowest BCUT2D eigenvalue weighted by Crippen LogP contribution is -2.37. The Morgan fingerprint density at radius 2 is 1.59 bits per heavy atom. The van der Waals surface area contributed by atoms with Gasteiger partial charge >= 0.3 is 5.97 Å². The van der Waals surface area contributed by atoms with E-state index in [1.54, 1.807) is 24.3 Å². The SMILES string of the molecule is CC(C)COC(=O)c1ccc(N2C(=O)[C@H]3[C@@H]4C[C@@H]([C@H](Br)[C@@H]4Br)[C@@H]3C2=O)cc1. The number of esters is 1. The molecule has 1 aromatic carbocycles. The fraction of sp³-hybridized carbons (Fsp3) is 0.550. The van der Waals surface area contributed by atoms with E-state index in [1.807, 2.05) is 13.8 Å². The second-order valence-electron chi connectivity index (χ2n) is 8.05. The summed E-state index contributed by atoms with van der Waals surface area (Å²) in [6.07, 6.45) is 0.910. The Labute approximate surface area is 175 Å². The van der Waals surface area contributed by atoms with E-state index in [4.69, 9.17) is 4.74 Å². The Balaban J connectivity index is 1.54. The first-order chi connectivity index (χ1) is 12.8. The first-order valence-corrected chi connectivity index (χ1v) is 11.1. The van der Waals surface area contributed by atoms with Crippen molar-refractivity contribution in [3.63, 3.8) is 0 Å². The Kier molecular flexibility index (Phi) is 4.95. The molecule has 144 valence electrons. The van der Waals surface area contributed by atoms with Crippen LogP contribution in [-0.2, 0) is 14.3 Å². The van der Waals surface area contributed by atoms with Crippen LogP contribution < -0.4 is 4.90 Å². The van der Waals surface area contributed by atoms with Crippen LogP contribution >= 0.6 is 31.9 Å². The predicted molar refractivity (Wildman–Crippen MR) is 108 cm³/mol. The molecule has 0 unspecified atom stereocenters. The minimum absolute atomic E-state index is 0.114. The molecule has 3 fully saturated rings. The highest BCUT2D eigenvalue weighted by Gasteiger charge is 2.66. The minimum atomic E-state index is -0.395. The van der Waals surface area contributed by atoms with Gasteiger partial charge in [-0.2, -0.15) is 0 Å². The molecule has 5 nitrogen and oxygen atoms in total. The molecule has 3 aliphatic rings. The third kappa shape index (κ3) is 2.97. The molecule has 2 aliphatic carbocycles. The van der Waals surface area contributed by atoms with Crippen molar-refractivity contribution in [2.75, 3.05) is 11.5 Å². The second-order valence-corrected chi connectivity index (χ2v) is 10.2. The zero-order valence-electron chi connectivity index (χ0n) is 15.1. The van der Waals surface area contributed by atoms with Crippen LogP contribution in [0.15, 0.2) is 24.3 Å².